The molecule has 2 aromatic rings. The predicted molar refractivity (Wildman–Crippen MR) is 58.9 cm³/mol. The van der Waals surface area contributed by atoms with Gasteiger partial charge in [-0.05, 0) is 17.6 Å². The van der Waals surface area contributed by atoms with Crippen molar-refractivity contribution in [1.82, 2.24) is 9.59 Å². The molecule has 1 aromatic heterocycles. The highest BCUT2D eigenvalue weighted by molar-refractivity contribution is 7.03. The van der Waals surface area contributed by atoms with Gasteiger partial charge in [-0.15, -0.1) is 5.10 Å². The molecule has 1 aromatic carbocycles. The summed E-state index contributed by atoms with van der Waals surface area (Å²) in [6.07, 6.45) is 0. The molecule has 0 aliphatic carbocycles. The summed E-state index contributed by atoms with van der Waals surface area (Å²) in [7, 11) is 1.48. The van der Waals surface area contributed by atoms with Crippen molar-refractivity contribution in [2.45, 2.75) is 6.04 Å². The van der Waals surface area contributed by atoms with E-state index < -0.39 is 11.9 Å². The van der Waals surface area contributed by atoms with Crippen molar-refractivity contribution in [3.63, 3.8) is 0 Å². The van der Waals surface area contributed by atoms with Crippen LogP contribution in [0.15, 0.2) is 23.6 Å². The predicted octanol–water partition coefficient (Wildman–Crippen LogP) is 1.73. The third-order valence-electron chi connectivity index (χ3n) is 2.24. The van der Waals surface area contributed by atoms with Gasteiger partial charge in [-0.25, -0.2) is 4.39 Å². The zero-order chi connectivity index (χ0) is 11.5. The number of rotatable bonds is 3. The Balaban J connectivity index is 2.34. The maximum Gasteiger partial charge on any atom is 0.132 e. The summed E-state index contributed by atoms with van der Waals surface area (Å²) in [4.78, 5) is 0. The molecule has 0 bridgehead atoms. The van der Waals surface area contributed by atoms with Crippen molar-refractivity contribution in [3.8, 4) is 5.75 Å². The average Bonchev–Trinajstić information content (AvgIpc) is 2.81. The van der Waals surface area contributed by atoms with Crippen LogP contribution in [0.2, 0.25) is 0 Å². The van der Waals surface area contributed by atoms with Gasteiger partial charge < -0.3 is 10.5 Å². The molecule has 1 atom stereocenters. The van der Waals surface area contributed by atoms with Crippen LogP contribution in [-0.4, -0.2) is 16.7 Å². The minimum absolute atomic E-state index is 0.383. The molecular formula is C10H10FN3OS. The molecule has 0 saturated carbocycles. The van der Waals surface area contributed by atoms with Crippen molar-refractivity contribution >= 4 is 11.5 Å². The molecule has 6 heteroatoms. The summed E-state index contributed by atoms with van der Waals surface area (Å²) in [5.41, 5.74) is 6.82. The van der Waals surface area contributed by atoms with E-state index in [1.165, 1.54) is 24.7 Å². The molecule has 0 fully saturated rings. The smallest absolute Gasteiger partial charge is 0.132 e. The number of nitrogens with two attached hydrogens (primary N) is 1. The van der Waals surface area contributed by atoms with Crippen molar-refractivity contribution < 1.29 is 9.13 Å². The van der Waals surface area contributed by atoms with Crippen LogP contribution in [0.3, 0.4) is 0 Å². The molecule has 0 aliphatic heterocycles. The first-order chi connectivity index (χ1) is 7.72. The highest BCUT2D eigenvalue weighted by Crippen LogP contribution is 2.24. The van der Waals surface area contributed by atoms with Gasteiger partial charge in [-0.2, -0.15) is 0 Å². The highest BCUT2D eigenvalue weighted by Gasteiger charge is 2.16. The van der Waals surface area contributed by atoms with Gasteiger partial charge in [0.15, 0.2) is 0 Å². The van der Waals surface area contributed by atoms with Gasteiger partial charge in [0, 0.05) is 17.0 Å². The molecule has 0 saturated heterocycles. The van der Waals surface area contributed by atoms with Gasteiger partial charge >= 0.3 is 0 Å². The average molecular weight is 239 g/mol. The third-order valence-corrected chi connectivity index (χ3v) is 2.76. The maximum atomic E-state index is 13.7. The van der Waals surface area contributed by atoms with Crippen LogP contribution in [0.5, 0.6) is 5.75 Å². The SMILES string of the molecule is COc1ccc(C(N)c2csnn2)c(F)c1. The van der Waals surface area contributed by atoms with Gasteiger partial charge in [-0.3, -0.25) is 0 Å². The molecule has 16 heavy (non-hydrogen) atoms. The Morgan fingerprint density at radius 3 is 2.88 bits per heavy atom. The fourth-order valence-corrected chi connectivity index (χ4v) is 1.84. The van der Waals surface area contributed by atoms with Crippen LogP contribution in [0.4, 0.5) is 4.39 Å². The van der Waals surface area contributed by atoms with Crippen LogP contribution < -0.4 is 10.5 Å². The van der Waals surface area contributed by atoms with E-state index in [4.69, 9.17) is 10.5 Å². The lowest BCUT2D eigenvalue weighted by molar-refractivity contribution is 0.410. The first-order valence-corrected chi connectivity index (χ1v) is 5.42. The van der Waals surface area contributed by atoms with Crippen LogP contribution in [0, 0.1) is 5.82 Å². The molecule has 2 rings (SSSR count). The Kier molecular flexibility index (Phi) is 3.12. The summed E-state index contributed by atoms with van der Waals surface area (Å²) in [6.45, 7) is 0. The number of benzene rings is 1. The Labute approximate surface area is 96.0 Å². The molecule has 0 aliphatic rings. The minimum Gasteiger partial charge on any atom is -0.497 e. The monoisotopic (exact) mass is 239 g/mol. The fraction of sp³-hybridized carbons (Fsp3) is 0.200. The number of hydrogen-bond donors (Lipinski definition) is 1. The first-order valence-electron chi connectivity index (χ1n) is 4.58. The summed E-state index contributed by atoms with van der Waals surface area (Å²) < 4.78 is 22.3. The molecule has 1 unspecified atom stereocenters. The topological polar surface area (TPSA) is 61.0 Å². The lowest BCUT2D eigenvalue weighted by Crippen LogP contribution is -2.14. The molecule has 2 N–H and O–H groups in total. The van der Waals surface area contributed by atoms with Crippen molar-refractivity contribution in [3.05, 3.63) is 40.7 Å². The van der Waals surface area contributed by atoms with Gasteiger partial charge in [0.2, 0.25) is 0 Å². The van der Waals surface area contributed by atoms with E-state index in [-0.39, 0.29) is 0 Å². The second-order valence-corrected chi connectivity index (χ2v) is 3.80. The summed E-state index contributed by atoms with van der Waals surface area (Å²) in [5.74, 6) is 0.0599. The quantitative estimate of drug-likeness (QED) is 0.886. The fourth-order valence-electron chi connectivity index (χ4n) is 1.35. The van der Waals surface area contributed by atoms with Gasteiger partial charge in [0.05, 0.1) is 18.8 Å². The van der Waals surface area contributed by atoms with Crippen LogP contribution in [0.1, 0.15) is 17.3 Å². The Bertz CT molecular complexity index is 475. The Hall–Kier alpha value is -1.53. The van der Waals surface area contributed by atoms with Crippen LogP contribution >= 0.6 is 11.5 Å². The number of nitrogens with zero attached hydrogens (tertiary/aromatic N) is 2. The highest BCUT2D eigenvalue weighted by atomic mass is 32.1. The molecular weight excluding hydrogens is 229 g/mol. The Morgan fingerprint density at radius 1 is 1.50 bits per heavy atom. The molecule has 0 amide bonds. The van der Waals surface area contributed by atoms with E-state index in [0.717, 1.165) is 0 Å². The van der Waals surface area contributed by atoms with Gasteiger partial charge in [-0.1, -0.05) is 10.6 Å². The van der Waals surface area contributed by atoms with Crippen molar-refractivity contribution in [1.29, 1.82) is 0 Å². The zero-order valence-corrected chi connectivity index (χ0v) is 9.37. The number of hydrogen-bond acceptors (Lipinski definition) is 5. The van der Waals surface area contributed by atoms with E-state index in [0.29, 0.717) is 17.0 Å². The molecule has 0 spiro atoms. The molecule has 84 valence electrons. The molecule has 1 heterocycles. The standard InChI is InChI=1S/C10H10FN3OS/c1-15-6-2-3-7(8(11)4-6)10(12)9-5-16-14-13-9/h2-5,10H,12H2,1H3. The second-order valence-electron chi connectivity index (χ2n) is 3.19. The molecule has 4 nitrogen and oxygen atoms in total. The van der Waals surface area contributed by atoms with E-state index in [2.05, 4.69) is 9.59 Å². The van der Waals surface area contributed by atoms with E-state index in [9.17, 15) is 4.39 Å². The first kappa shape index (κ1) is 11.0. The largest absolute Gasteiger partial charge is 0.497 e. The van der Waals surface area contributed by atoms with Crippen LogP contribution in [-0.2, 0) is 0 Å². The van der Waals surface area contributed by atoms with E-state index >= 15 is 0 Å². The Morgan fingerprint density at radius 2 is 2.31 bits per heavy atom. The van der Waals surface area contributed by atoms with E-state index in [1.54, 1.807) is 17.5 Å². The van der Waals surface area contributed by atoms with Gasteiger partial charge in [0.25, 0.3) is 0 Å². The minimum atomic E-state index is -0.593. The molecule has 0 radical (unpaired) electrons. The number of methoxy groups -OCH3 is 1. The lowest BCUT2D eigenvalue weighted by atomic mass is 10.0. The van der Waals surface area contributed by atoms with Crippen molar-refractivity contribution in [2.24, 2.45) is 5.73 Å². The normalized spacial score (nSPS) is 12.4. The van der Waals surface area contributed by atoms with Crippen molar-refractivity contribution in [2.75, 3.05) is 7.11 Å². The summed E-state index contributed by atoms with van der Waals surface area (Å²) in [5, 5.41) is 5.52. The number of halogens is 1. The lowest BCUT2D eigenvalue weighted by Gasteiger charge is -2.10. The second kappa shape index (κ2) is 4.54. The summed E-state index contributed by atoms with van der Waals surface area (Å²) >= 11 is 1.19. The zero-order valence-electron chi connectivity index (χ0n) is 8.55. The van der Waals surface area contributed by atoms with Crippen LogP contribution in [0.25, 0.3) is 0 Å². The number of aromatic nitrogens is 2. The number of ether oxygens (including phenoxy) is 1. The third kappa shape index (κ3) is 2.02. The van der Waals surface area contributed by atoms with Gasteiger partial charge in [0.1, 0.15) is 11.6 Å². The summed E-state index contributed by atoms with van der Waals surface area (Å²) in [6, 6.07) is 3.97. The maximum absolute atomic E-state index is 13.7. The van der Waals surface area contributed by atoms with E-state index in [1.807, 2.05) is 0 Å².